The van der Waals surface area contributed by atoms with Gasteiger partial charge in [0.25, 0.3) is 5.91 Å². The zero-order valence-corrected chi connectivity index (χ0v) is 16.8. The van der Waals surface area contributed by atoms with Gasteiger partial charge < -0.3 is 14.8 Å². The summed E-state index contributed by atoms with van der Waals surface area (Å²) in [7, 11) is 3.11. The van der Waals surface area contributed by atoms with E-state index >= 15 is 0 Å². The molecular weight excluding hydrogens is 354 g/mol. The first-order valence-electron chi connectivity index (χ1n) is 9.16. The van der Waals surface area contributed by atoms with Crippen LogP contribution in [0.15, 0.2) is 36.4 Å². The summed E-state index contributed by atoms with van der Waals surface area (Å²) >= 11 is 0. The fourth-order valence-electron chi connectivity index (χ4n) is 3.21. The lowest BCUT2D eigenvalue weighted by molar-refractivity contribution is 0.102. The van der Waals surface area contributed by atoms with Crippen molar-refractivity contribution in [2.24, 2.45) is 0 Å². The Bertz CT molecular complexity index is 1010. The number of anilines is 1. The molecule has 0 aliphatic heterocycles. The van der Waals surface area contributed by atoms with E-state index < -0.39 is 0 Å². The third-order valence-electron chi connectivity index (χ3n) is 4.72. The van der Waals surface area contributed by atoms with E-state index in [9.17, 15) is 4.79 Å². The number of H-pyrrole nitrogens is 1. The van der Waals surface area contributed by atoms with E-state index in [2.05, 4.69) is 28.5 Å². The number of carbonyl (C=O) groups excluding carboxylic acids is 1. The Labute approximate surface area is 164 Å². The molecule has 1 heterocycles. The van der Waals surface area contributed by atoms with Gasteiger partial charge in [-0.25, -0.2) is 0 Å². The molecule has 3 rings (SSSR count). The molecule has 1 aromatic heterocycles. The zero-order valence-electron chi connectivity index (χ0n) is 16.8. The Balaban J connectivity index is 1.98. The van der Waals surface area contributed by atoms with Gasteiger partial charge in [0.1, 0.15) is 5.69 Å². The van der Waals surface area contributed by atoms with Crippen LogP contribution in [0.25, 0.3) is 11.3 Å². The van der Waals surface area contributed by atoms with Crippen LogP contribution in [0.2, 0.25) is 0 Å². The van der Waals surface area contributed by atoms with Gasteiger partial charge in [0.15, 0.2) is 11.5 Å². The van der Waals surface area contributed by atoms with E-state index in [1.807, 2.05) is 26.0 Å². The van der Waals surface area contributed by atoms with Gasteiger partial charge in [0.2, 0.25) is 0 Å². The first-order chi connectivity index (χ1) is 13.5. The van der Waals surface area contributed by atoms with Gasteiger partial charge in [-0.1, -0.05) is 30.7 Å². The van der Waals surface area contributed by atoms with Crippen molar-refractivity contribution in [2.75, 3.05) is 19.5 Å². The highest BCUT2D eigenvalue weighted by molar-refractivity contribution is 6.06. The molecule has 28 heavy (non-hydrogen) atoms. The molecule has 146 valence electrons. The highest BCUT2D eigenvalue weighted by atomic mass is 16.5. The third-order valence-corrected chi connectivity index (χ3v) is 4.72. The molecule has 0 radical (unpaired) electrons. The predicted octanol–water partition coefficient (Wildman–Crippen LogP) is 4.53. The molecule has 0 unspecified atom stereocenters. The largest absolute Gasteiger partial charge is 0.493 e. The van der Waals surface area contributed by atoms with Crippen molar-refractivity contribution in [3.63, 3.8) is 0 Å². The number of hydrogen-bond donors (Lipinski definition) is 2. The number of methoxy groups -OCH3 is 2. The van der Waals surface area contributed by atoms with Crippen LogP contribution in [-0.4, -0.2) is 30.3 Å². The van der Waals surface area contributed by atoms with Gasteiger partial charge in [0, 0.05) is 11.1 Å². The smallest absolute Gasteiger partial charge is 0.255 e. The lowest BCUT2D eigenvalue weighted by atomic mass is 10.0. The summed E-state index contributed by atoms with van der Waals surface area (Å²) in [6, 6.07) is 11.3. The zero-order chi connectivity index (χ0) is 20.3. The summed E-state index contributed by atoms with van der Waals surface area (Å²) < 4.78 is 10.5. The minimum Gasteiger partial charge on any atom is -0.493 e. The second kappa shape index (κ2) is 8.17. The molecule has 0 saturated carbocycles. The monoisotopic (exact) mass is 379 g/mol. The first kappa shape index (κ1) is 19.5. The van der Waals surface area contributed by atoms with Crippen LogP contribution in [0.3, 0.4) is 0 Å². The maximum absolute atomic E-state index is 12.9. The summed E-state index contributed by atoms with van der Waals surface area (Å²) in [5.74, 6) is 0.850. The number of hydrogen-bond acceptors (Lipinski definition) is 4. The number of amides is 1. The summed E-state index contributed by atoms with van der Waals surface area (Å²) in [5, 5.41) is 10.6. The molecule has 2 N–H and O–H groups in total. The fourth-order valence-corrected chi connectivity index (χ4v) is 3.21. The molecule has 3 aromatic rings. The number of carbonyl (C=O) groups is 1. The van der Waals surface area contributed by atoms with Gasteiger partial charge in [-0.15, -0.1) is 0 Å². The topological polar surface area (TPSA) is 76.2 Å². The second-order valence-corrected chi connectivity index (χ2v) is 6.62. The highest BCUT2D eigenvalue weighted by Gasteiger charge is 2.19. The Hall–Kier alpha value is -3.28. The van der Waals surface area contributed by atoms with Gasteiger partial charge in [0.05, 0.1) is 25.6 Å². The van der Waals surface area contributed by atoms with Crippen molar-refractivity contribution >= 4 is 11.6 Å². The van der Waals surface area contributed by atoms with E-state index in [1.165, 1.54) is 5.56 Å². The molecule has 0 aliphatic rings. The number of nitrogens with one attached hydrogen (secondary N) is 2. The van der Waals surface area contributed by atoms with E-state index in [1.54, 1.807) is 32.4 Å². The number of benzene rings is 2. The molecule has 2 aromatic carbocycles. The molecule has 6 nitrogen and oxygen atoms in total. The minimum atomic E-state index is -0.233. The summed E-state index contributed by atoms with van der Waals surface area (Å²) in [6.45, 7) is 6.12. The summed E-state index contributed by atoms with van der Waals surface area (Å²) in [4.78, 5) is 12.9. The van der Waals surface area contributed by atoms with Crippen molar-refractivity contribution in [1.82, 2.24) is 10.2 Å². The van der Waals surface area contributed by atoms with Gasteiger partial charge >= 0.3 is 0 Å². The Kier molecular flexibility index (Phi) is 5.68. The SMILES string of the molecule is CCc1[nH]nc(-c2ccc(C)cc2C)c1NC(=O)c1ccc(OC)c(OC)c1. The van der Waals surface area contributed by atoms with Crippen LogP contribution >= 0.6 is 0 Å². The third kappa shape index (κ3) is 3.71. The normalized spacial score (nSPS) is 10.6. The predicted molar refractivity (Wildman–Crippen MR) is 110 cm³/mol. The van der Waals surface area contributed by atoms with Crippen LogP contribution in [0.5, 0.6) is 11.5 Å². The van der Waals surface area contributed by atoms with E-state index in [0.717, 1.165) is 28.9 Å². The van der Waals surface area contributed by atoms with Crippen molar-refractivity contribution in [3.05, 3.63) is 58.8 Å². The fraction of sp³-hybridized carbons (Fsp3) is 0.273. The van der Waals surface area contributed by atoms with Crippen LogP contribution in [-0.2, 0) is 6.42 Å². The molecule has 0 bridgehead atoms. The van der Waals surface area contributed by atoms with Gasteiger partial charge in [-0.2, -0.15) is 5.10 Å². The maximum Gasteiger partial charge on any atom is 0.255 e. The van der Waals surface area contributed by atoms with E-state index in [0.29, 0.717) is 22.7 Å². The Morgan fingerprint density at radius 1 is 1.07 bits per heavy atom. The van der Waals surface area contributed by atoms with Gasteiger partial charge in [-0.05, 0) is 44.0 Å². The lowest BCUT2D eigenvalue weighted by Gasteiger charge is -2.12. The molecule has 0 aliphatic carbocycles. The Morgan fingerprint density at radius 2 is 1.82 bits per heavy atom. The molecule has 0 fully saturated rings. The molecule has 1 amide bonds. The van der Waals surface area contributed by atoms with E-state index in [-0.39, 0.29) is 5.91 Å². The molecular formula is C22H25N3O3. The molecule has 0 saturated heterocycles. The Morgan fingerprint density at radius 3 is 2.46 bits per heavy atom. The molecule has 6 heteroatoms. The number of nitrogens with zero attached hydrogens (tertiary/aromatic N) is 1. The van der Waals surface area contributed by atoms with Crippen molar-refractivity contribution < 1.29 is 14.3 Å². The average molecular weight is 379 g/mol. The lowest BCUT2D eigenvalue weighted by Crippen LogP contribution is -2.13. The van der Waals surface area contributed by atoms with Crippen LogP contribution < -0.4 is 14.8 Å². The van der Waals surface area contributed by atoms with Crippen LogP contribution in [0.4, 0.5) is 5.69 Å². The maximum atomic E-state index is 12.9. The number of rotatable bonds is 6. The van der Waals surface area contributed by atoms with Gasteiger partial charge in [-0.3, -0.25) is 9.89 Å². The number of ether oxygens (including phenoxy) is 2. The van der Waals surface area contributed by atoms with Crippen LogP contribution in [0, 0.1) is 13.8 Å². The van der Waals surface area contributed by atoms with Crippen molar-refractivity contribution in [1.29, 1.82) is 0 Å². The number of aromatic amines is 1. The van der Waals surface area contributed by atoms with E-state index in [4.69, 9.17) is 9.47 Å². The van der Waals surface area contributed by atoms with Crippen molar-refractivity contribution in [2.45, 2.75) is 27.2 Å². The molecule has 0 spiro atoms. The standard InChI is InChI=1S/C22H25N3O3/c1-6-17-21(20(25-24-17)16-9-7-13(2)11-14(16)3)23-22(26)15-8-10-18(27-4)19(12-15)28-5/h7-12H,6H2,1-5H3,(H,23,26)(H,24,25). The minimum absolute atomic E-state index is 0.233. The highest BCUT2D eigenvalue weighted by Crippen LogP contribution is 2.33. The number of aryl methyl sites for hydroxylation is 3. The quantitative estimate of drug-likeness (QED) is 0.660. The number of aromatic nitrogens is 2. The summed E-state index contributed by atoms with van der Waals surface area (Å²) in [6.07, 6.45) is 0.722. The summed E-state index contributed by atoms with van der Waals surface area (Å²) in [5.41, 5.74) is 6.08. The van der Waals surface area contributed by atoms with Crippen LogP contribution in [0.1, 0.15) is 34.1 Å². The first-order valence-corrected chi connectivity index (χ1v) is 9.16. The second-order valence-electron chi connectivity index (χ2n) is 6.62. The van der Waals surface area contributed by atoms with Crippen molar-refractivity contribution in [3.8, 4) is 22.8 Å². The molecule has 0 atom stereocenters. The average Bonchev–Trinajstić information content (AvgIpc) is 3.09.